The molecular formula is C10H21O4P. The quantitative estimate of drug-likeness (QED) is 0.686. The van der Waals surface area contributed by atoms with E-state index >= 15 is 0 Å². The van der Waals surface area contributed by atoms with Crippen LogP contribution in [0.15, 0.2) is 0 Å². The van der Waals surface area contributed by atoms with Crippen molar-refractivity contribution in [3.05, 3.63) is 0 Å². The first-order chi connectivity index (χ1) is 6.91. The van der Waals surface area contributed by atoms with Crippen LogP contribution in [0, 0.1) is 5.92 Å². The first-order valence-electron chi connectivity index (χ1n) is 5.50. The third-order valence-electron chi connectivity index (χ3n) is 2.55. The average molecular weight is 236 g/mol. The minimum Gasteiger partial charge on any atom is -0.287 e. The molecule has 0 aromatic carbocycles. The molecule has 0 bridgehead atoms. The highest BCUT2D eigenvalue weighted by atomic mass is 31.2. The van der Waals surface area contributed by atoms with Crippen LogP contribution in [0.25, 0.3) is 0 Å². The zero-order valence-electron chi connectivity index (χ0n) is 9.99. The van der Waals surface area contributed by atoms with Gasteiger partial charge in [0, 0.05) is 0 Å². The van der Waals surface area contributed by atoms with Gasteiger partial charge in [-0.2, -0.15) is 0 Å². The van der Waals surface area contributed by atoms with E-state index in [1.807, 2.05) is 13.8 Å². The molecule has 0 N–H and O–H groups in total. The van der Waals surface area contributed by atoms with E-state index in [2.05, 4.69) is 13.8 Å². The largest absolute Gasteiger partial charge is 0.475 e. The highest BCUT2D eigenvalue weighted by Gasteiger charge is 2.43. The molecule has 4 nitrogen and oxygen atoms in total. The highest BCUT2D eigenvalue weighted by Crippen LogP contribution is 2.58. The molecule has 0 aliphatic carbocycles. The summed E-state index contributed by atoms with van der Waals surface area (Å²) in [6, 6.07) is 0. The van der Waals surface area contributed by atoms with Gasteiger partial charge in [0.05, 0.1) is 18.8 Å². The molecule has 1 heterocycles. The van der Waals surface area contributed by atoms with Gasteiger partial charge in [0.25, 0.3) is 0 Å². The van der Waals surface area contributed by atoms with Gasteiger partial charge in [-0.15, -0.1) is 0 Å². The lowest BCUT2D eigenvalue weighted by Crippen LogP contribution is -2.20. The first kappa shape index (κ1) is 13.2. The number of rotatable bonds is 5. The molecule has 1 saturated heterocycles. The van der Waals surface area contributed by atoms with Gasteiger partial charge in [0.15, 0.2) is 0 Å². The summed E-state index contributed by atoms with van der Waals surface area (Å²) in [5.74, 6) is 0.423. The van der Waals surface area contributed by atoms with E-state index in [0.29, 0.717) is 19.1 Å². The SMILES string of the molecule is CCC(CC)COP1(=O)OCC(C)(C)O1. The molecule has 1 atom stereocenters. The third kappa shape index (κ3) is 3.87. The van der Waals surface area contributed by atoms with E-state index in [4.69, 9.17) is 13.6 Å². The molecule has 0 aromatic heterocycles. The van der Waals surface area contributed by atoms with E-state index in [1.165, 1.54) is 0 Å². The molecule has 5 heteroatoms. The van der Waals surface area contributed by atoms with Gasteiger partial charge in [-0.25, -0.2) is 4.57 Å². The average Bonchev–Trinajstić information content (AvgIpc) is 2.43. The summed E-state index contributed by atoms with van der Waals surface area (Å²) in [7, 11) is -3.27. The summed E-state index contributed by atoms with van der Waals surface area (Å²) in [4.78, 5) is 0. The van der Waals surface area contributed by atoms with Crippen LogP contribution in [0.3, 0.4) is 0 Å². The van der Waals surface area contributed by atoms with Crippen LogP contribution >= 0.6 is 7.82 Å². The Balaban J connectivity index is 2.42. The van der Waals surface area contributed by atoms with Gasteiger partial charge >= 0.3 is 7.82 Å². The molecule has 1 unspecified atom stereocenters. The summed E-state index contributed by atoms with van der Waals surface area (Å²) in [5.41, 5.74) is -0.497. The van der Waals surface area contributed by atoms with Gasteiger partial charge in [-0.05, 0) is 19.8 Å². The van der Waals surface area contributed by atoms with Crippen molar-refractivity contribution in [2.75, 3.05) is 13.2 Å². The molecule has 15 heavy (non-hydrogen) atoms. The Kier molecular flexibility index (Phi) is 4.36. The lowest BCUT2D eigenvalue weighted by molar-refractivity contribution is 0.109. The lowest BCUT2D eigenvalue weighted by atomic mass is 10.1. The minimum atomic E-state index is -3.27. The second-order valence-corrected chi connectivity index (χ2v) is 6.14. The van der Waals surface area contributed by atoms with Gasteiger partial charge in [-0.3, -0.25) is 13.6 Å². The maximum absolute atomic E-state index is 11.9. The standard InChI is InChI=1S/C10H21O4P/c1-5-9(6-2)7-12-15(11)13-8-10(3,4)14-15/h9H,5-8H2,1-4H3. The zero-order valence-corrected chi connectivity index (χ0v) is 10.9. The van der Waals surface area contributed by atoms with Crippen LogP contribution in [-0.2, 0) is 18.1 Å². The lowest BCUT2D eigenvalue weighted by Gasteiger charge is -2.17. The Bertz CT molecular complexity index is 248. The highest BCUT2D eigenvalue weighted by molar-refractivity contribution is 7.48. The minimum absolute atomic E-state index is 0.327. The molecule has 0 spiro atoms. The van der Waals surface area contributed by atoms with Crippen molar-refractivity contribution in [3.8, 4) is 0 Å². The summed E-state index contributed by atoms with van der Waals surface area (Å²) in [5, 5.41) is 0. The Morgan fingerprint density at radius 1 is 1.40 bits per heavy atom. The Labute approximate surface area is 91.9 Å². The molecule has 1 rings (SSSR count). The molecule has 1 aliphatic rings. The van der Waals surface area contributed by atoms with Crippen molar-refractivity contribution < 1.29 is 18.1 Å². The number of hydrogen-bond acceptors (Lipinski definition) is 4. The summed E-state index contributed by atoms with van der Waals surface area (Å²) in [6.45, 7) is 8.63. The fourth-order valence-electron chi connectivity index (χ4n) is 1.37. The van der Waals surface area contributed by atoms with Crippen molar-refractivity contribution in [3.63, 3.8) is 0 Å². The van der Waals surface area contributed by atoms with E-state index in [1.54, 1.807) is 0 Å². The van der Waals surface area contributed by atoms with Crippen LogP contribution in [0.2, 0.25) is 0 Å². The second kappa shape index (κ2) is 4.96. The molecule has 90 valence electrons. The second-order valence-electron chi connectivity index (χ2n) is 4.55. The first-order valence-corrected chi connectivity index (χ1v) is 6.96. The van der Waals surface area contributed by atoms with Crippen LogP contribution < -0.4 is 0 Å². The van der Waals surface area contributed by atoms with Crippen molar-refractivity contribution in [2.24, 2.45) is 5.92 Å². The summed E-state index contributed by atoms with van der Waals surface area (Å²) >= 11 is 0. The van der Waals surface area contributed by atoms with Crippen molar-refractivity contribution in [1.82, 2.24) is 0 Å². The maximum atomic E-state index is 11.9. The molecule has 1 aliphatic heterocycles. The van der Waals surface area contributed by atoms with Gasteiger partial charge in [-0.1, -0.05) is 26.7 Å². The van der Waals surface area contributed by atoms with Crippen LogP contribution in [0.4, 0.5) is 0 Å². The normalized spacial score (nSPS) is 29.9. The monoisotopic (exact) mass is 236 g/mol. The topological polar surface area (TPSA) is 44.8 Å². The number of phosphoric ester groups is 1. The van der Waals surface area contributed by atoms with Crippen molar-refractivity contribution >= 4 is 7.82 Å². The molecular weight excluding hydrogens is 215 g/mol. The molecule has 0 radical (unpaired) electrons. The Hall–Kier alpha value is 0.110. The van der Waals surface area contributed by atoms with E-state index < -0.39 is 13.4 Å². The predicted molar refractivity (Wildman–Crippen MR) is 58.7 cm³/mol. The Morgan fingerprint density at radius 2 is 2.00 bits per heavy atom. The number of phosphoric acid groups is 1. The fraction of sp³-hybridized carbons (Fsp3) is 1.00. The summed E-state index contributed by atoms with van der Waals surface area (Å²) < 4.78 is 27.6. The molecule has 0 saturated carbocycles. The van der Waals surface area contributed by atoms with E-state index in [0.717, 1.165) is 12.8 Å². The third-order valence-corrected chi connectivity index (χ3v) is 4.18. The zero-order chi connectivity index (χ0) is 11.5. The van der Waals surface area contributed by atoms with Crippen LogP contribution in [-0.4, -0.2) is 18.8 Å². The number of hydrogen-bond donors (Lipinski definition) is 0. The van der Waals surface area contributed by atoms with Gasteiger partial charge in [0.1, 0.15) is 0 Å². The predicted octanol–water partition coefficient (Wildman–Crippen LogP) is 3.37. The Morgan fingerprint density at radius 3 is 2.40 bits per heavy atom. The van der Waals surface area contributed by atoms with Crippen LogP contribution in [0.5, 0.6) is 0 Å². The maximum Gasteiger partial charge on any atom is 0.475 e. The molecule has 0 aromatic rings. The van der Waals surface area contributed by atoms with E-state index in [9.17, 15) is 4.57 Å². The van der Waals surface area contributed by atoms with Gasteiger partial charge < -0.3 is 0 Å². The van der Waals surface area contributed by atoms with Crippen LogP contribution in [0.1, 0.15) is 40.5 Å². The van der Waals surface area contributed by atoms with Crippen molar-refractivity contribution in [2.45, 2.75) is 46.1 Å². The smallest absolute Gasteiger partial charge is 0.287 e. The fourth-order valence-corrected chi connectivity index (χ4v) is 3.07. The van der Waals surface area contributed by atoms with E-state index in [-0.39, 0.29) is 0 Å². The van der Waals surface area contributed by atoms with Gasteiger partial charge in [0.2, 0.25) is 0 Å². The molecule has 1 fully saturated rings. The van der Waals surface area contributed by atoms with Crippen molar-refractivity contribution in [1.29, 1.82) is 0 Å². The summed E-state index contributed by atoms with van der Waals surface area (Å²) in [6.07, 6.45) is 2.03. The molecule has 0 amide bonds.